The third-order valence-corrected chi connectivity index (χ3v) is 4.90. The van der Waals surface area contributed by atoms with Crippen LogP contribution < -0.4 is 4.72 Å². The van der Waals surface area contributed by atoms with Gasteiger partial charge in [0.25, 0.3) is 0 Å². The van der Waals surface area contributed by atoms with Crippen molar-refractivity contribution in [1.82, 2.24) is 4.72 Å². The predicted octanol–water partition coefficient (Wildman–Crippen LogP) is 2.88. The lowest BCUT2D eigenvalue weighted by atomic mass is 10.1. The van der Waals surface area contributed by atoms with E-state index in [0.717, 1.165) is 0 Å². The molecule has 1 unspecified atom stereocenters. The quantitative estimate of drug-likeness (QED) is 0.849. The van der Waals surface area contributed by atoms with Crippen molar-refractivity contribution >= 4 is 33.2 Å². The van der Waals surface area contributed by atoms with E-state index in [1.165, 1.54) is 12.1 Å². The van der Waals surface area contributed by atoms with Gasteiger partial charge in [-0.2, -0.15) is 0 Å². The molecular formula is C11H15Cl2NO2S. The summed E-state index contributed by atoms with van der Waals surface area (Å²) in [5.41, 5.74) is 0. The van der Waals surface area contributed by atoms with Crippen LogP contribution >= 0.6 is 23.2 Å². The van der Waals surface area contributed by atoms with Crippen LogP contribution in [0, 0.1) is 5.92 Å². The lowest BCUT2D eigenvalue weighted by molar-refractivity contribution is 0.556. The van der Waals surface area contributed by atoms with Crippen LogP contribution in [0.2, 0.25) is 5.02 Å². The first-order valence-corrected chi connectivity index (χ1v) is 7.52. The molecule has 0 saturated carbocycles. The Morgan fingerprint density at radius 1 is 1.29 bits per heavy atom. The van der Waals surface area contributed by atoms with E-state index in [1.54, 1.807) is 12.1 Å². The summed E-state index contributed by atoms with van der Waals surface area (Å²) in [5.74, 6) is 0.200. The van der Waals surface area contributed by atoms with Crippen LogP contribution in [-0.2, 0) is 10.0 Å². The zero-order chi connectivity index (χ0) is 13.1. The molecule has 0 heterocycles. The molecule has 6 heteroatoms. The van der Waals surface area contributed by atoms with Crippen molar-refractivity contribution in [2.24, 2.45) is 5.92 Å². The van der Waals surface area contributed by atoms with Gasteiger partial charge in [-0.25, -0.2) is 13.1 Å². The number of sulfonamides is 1. The van der Waals surface area contributed by atoms with Crippen LogP contribution in [0.1, 0.15) is 13.8 Å². The van der Waals surface area contributed by atoms with Gasteiger partial charge < -0.3 is 0 Å². The summed E-state index contributed by atoms with van der Waals surface area (Å²) in [4.78, 5) is 0.0780. The second-order valence-electron chi connectivity index (χ2n) is 4.04. The van der Waals surface area contributed by atoms with Crippen LogP contribution in [0.15, 0.2) is 29.2 Å². The SMILES string of the molecule is CC(C)C(Cl)CNS(=O)(=O)c1ccccc1Cl. The zero-order valence-corrected chi connectivity index (χ0v) is 12.0. The molecule has 96 valence electrons. The Morgan fingerprint density at radius 3 is 2.41 bits per heavy atom. The monoisotopic (exact) mass is 295 g/mol. The summed E-state index contributed by atoms with van der Waals surface area (Å²) in [6.07, 6.45) is 0. The Kier molecular flexibility index (Phi) is 5.25. The normalized spacial score (nSPS) is 13.9. The molecule has 1 aromatic rings. The highest BCUT2D eigenvalue weighted by Gasteiger charge is 2.19. The van der Waals surface area contributed by atoms with Gasteiger partial charge in [0, 0.05) is 11.9 Å². The maximum Gasteiger partial charge on any atom is 0.242 e. The number of rotatable bonds is 5. The summed E-state index contributed by atoms with van der Waals surface area (Å²) in [7, 11) is -3.59. The molecule has 3 nitrogen and oxygen atoms in total. The fraction of sp³-hybridized carbons (Fsp3) is 0.455. The number of nitrogens with one attached hydrogen (secondary N) is 1. The molecule has 0 aliphatic rings. The molecule has 0 fully saturated rings. The Hall–Kier alpha value is -0.290. The Labute approximate surface area is 112 Å². The minimum absolute atomic E-state index is 0.0780. The van der Waals surface area contributed by atoms with Crippen LogP contribution in [0.4, 0.5) is 0 Å². The largest absolute Gasteiger partial charge is 0.242 e. The van der Waals surface area contributed by atoms with Crippen LogP contribution in [0.5, 0.6) is 0 Å². The van der Waals surface area contributed by atoms with Gasteiger partial charge in [-0.05, 0) is 18.1 Å². The highest BCUT2D eigenvalue weighted by atomic mass is 35.5. The van der Waals surface area contributed by atoms with Crippen molar-refractivity contribution in [1.29, 1.82) is 0 Å². The van der Waals surface area contributed by atoms with E-state index < -0.39 is 10.0 Å². The number of hydrogen-bond acceptors (Lipinski definition) is 2. The van der Waals surface area contributed by atoms with E-state index in [-0.39, 0.29) is 27.8 Å². The Bertz CT molecular complexity index is 474. The number of halogens is 2. The van der Waals surface area contributed by atoms with Gasteiger partial charge in [0.05, 0.1) is 5.02 Å². The number of alkyl halides is 1. The first kappa shape index (κ1) is 14.8. The molecule has 1 atom stereocenters. The lowest BCUT2D eigenvalue weighted by Gasteiger charge is -2.14. The van der Waals surface area contributed by atoms with Gasteiger partial charge in [0.15, 0.2) is 0 Å². The molecular weight excluding hydrogens is 281 g/mol. The summed E-state index contributed by atoms with van der Waals surface area (Å²) < 4.78 is 26.3. The fourth-order valence-electron chi connectivity index (χ4n) is 1.17. The third-order valence-electron chi connectivity index (χ3n) is 2.32. The highest BCUT2D eigenvalue weighted by molar-refractivity contribution is 7.89. The van der Waals surface area contributed by atoms with Crippen molar-refractivity contribution in [2.75, 3.05) is 6.54 Å². The maximum absolute atomic E-state index is 11.9. The Balaban J connectivity index is 2.80. The average Bonchev–Trinajstić information content (AvgIpc) is 2.26. The van der Waals surface area contributed by atoms with E-state index in [2.05, 4.69) is 4.72 Å². The second-order valence-corrected chi connectivity index (χ2v) is 6.75. The summed E-state index contributed by atoms with van der Waals surface area (Å²) in [5, 5.41) is -0.0390. The van der Waals surface area contributed by atoms with E-state index >= 15 is 0 Å². The van der Waals surface area contributed by atoms with Crippen molar-refractivity contribution in [2.45, 2.75) is 24.1 Å². The lowest BCUT2D eigenvalue weighted by Crippen LogP contribution is -2.32. The van der Waals surface area contributed by atoms with Gasteiger partial charge in [-0.1, -0.05) is 37.6 Å². The highest BCUT2D eigenvalue weighted by Crippen LogP contribution is 2.20. The van der Waals surface area contributed by atoms with E-state index in [9.17, 15) is 8.42 Å². The summed E-state index contributed by atoms with van der Waals surface area (Å²) >= 11 is 11.8. The van der Waals surface area contributed by atoms with E-state index in [4.69, 9.17) is 23.2 Å². The molecule has 17 heavy (non-hydrogen) atoms. The molecule has 0 spiro atoms. The molecule has 1 aromatic carbocycles. The summed E-state index contributed by atoms with van der Waals surface area (Å²) in [6, 6.07) is 6.31. The predicted molar refractivity (Wildman–Crippen MR) is 71.1 cm³/mol. The topological polar surface area (TPSA) is 46.2 Å². The summed E-state index contributed by atoms with van der Waals surface area (Å²) in [6.45, 7) is 4.05. The molecule has 0 aliphatic heterocycles. The zero-order valence-electron chi connectivity index (χ0n) is 9.65. The van der Waals surface area contributed by atoms with E-state index in [1.807, 2.05) is 13.8 Å². The standard InChI is InChI=1S/C11H15Cl2NO2S/c1-8(2)10(13)7-14-17(15,16)11-6-4-3-5-9(11)12/h3-6,8,10,14H,7H2,1-2H3. The molecule has 0 bridgehead atoms. The van der Waals surface area contributed by atoms with Gasteiger partial charge in [-0.15, -0.1) is 11.6 Å². The van der Waals surface area contributed by atoms with Crippen molar-refractivity contribution < 1.29 is 8.42 Å². The molecule has 1 N–H and O–H groups in total. The molecule has 0 radical (unpaired) electrons. The molecule has 1 rings (SSSR count). The first-order valence-electron chi connectivity index (χ1n) is 5.23. The molecule has 0 aliphatic carbocycles. The van der Waals surface area contributed by atoms with Crippen LogP contribution in [0.3, 0.4) is 0 Å². The first-order chi connectivity index (χ1) is 7.84. The maximum atomic E-state index is 11.9. The van der Waals surface area contributed by atoms with Crippen molar-refractivity contribution in [3.05, 3.63) is 29.3 Å². The van der Waals surface area contributed by atoms with E-state index in [0.29, 0.717) is 0 Å². The van der Waals surface area contributed by atoms with Crippen LogP contribution in [0.25, 0.3) is 0 Å². The second kappa shape index (κ2) is 6.05. The third kappa shape index (κ3) is 4.14. The smallest absolute Gasteiger partial charge is 0.210 e. The molecule has 0 saturated heterocycles. The van der Waals surface area contributed by atoms with Crippen LogP contribution in [-0.4, -0.2) is 20.3 Å². The minimum atomic E-state index is -3.59. The van der Waals surface area contributed by atoms with Gasteiger partial charge in [0.1, 0.15) is 4.90 Å². The Morgan fingerprint density at radius 2 is 1.88 bits per heavy atom. The van der Waals surface area contributed by atoms with Gasteiger partial charge >= 0.3 is 0 Å². The van der Waals surface area contributed by atoms with Crippen molar-refractivity contribution in [3.8, 4) is 0 Å². The number of hydrogen-bond donors (Lipinski definition) is 1. The van der Waals surface area contributed by atoms with Gasteiger partial charge in [0.2, 0.25) is 10.0 Å². The average molecular weight is 296 g/mol. The molecule has 0 aromatic heterocycles. The van der Waals surface area contributed by atoms with Crippen molar-refractivity contribution in [3.63, 3.8) is 0 Å². The number of benzene rings is 1. The van der Waals surface area contributed by atoms with Gasteiger partial charge in [-0.3, -0.25) is 0 Å². The molecule has 0 amide bonds. The fourth-order valence-corrected chi connectivity index (χ4v) is 2.91. The minimum Gasteiger partial charge on any atom is -0.210 e.